The van der Waals surface area contributed by atoms with Gasteiger partial charge < -0.3 is 14.2 Å². The summed E-state index contributed by atoms with van der Waals surface area (Å²) < 4.78 is 15.8. The molecule has 0 saturated carbocycles. The molecule has 0 heterocycles. The Bertz CT molecular complexity index is 819. The van der Waals surface area contributed by atoms with Crippen LogP contribution in [0.3, 0.4) is 0 Å². The van der Waals surface area contributed by atoms with Gasteiger partial charge >= 0.3 is 5.97 Å². The summed E-state index contributed by atoms with van der Waals surface area (Å²) in [7, 11) is 3.11. The van der Waals surface area contributed by atoms with Crippen LogP contribution in [0.1, 0.15) is 25.0 Å². The number of carbonyl (C=O) groups excluding carboxylic acids is 1. The lowest BCUT2D eigenvalue weighted by Gasteiger charge is -2.15. The minimum Gasteiger partial charge on any atom is -0.493 e. The van der Waals surface area contributed by atoms with Crippen LogP contribution in [0, 0.1) is 0 Å². The Hall–Kier alpha value is -2.73. The maximum absolute atomic E-state index is 12.0. The molecule has 2 aromatic rings. The Morgan fingerprint density at radius 3 is 2.33 bits per heavy atom. The summed E-state index contributed by atoms with van der Waals surface area (Å²) in [5, 5.41) is 5.07. The van der Waals surface area contributed by atoms with Crippen molar-refractivity contribution in [3.05, 3.63) is 52.5 Å². The highest BCUT2D eigenvalue weighted by molar-refractivity contribution is 6.30. The summed E-state index contributed by atoms with van der Waals surface area (Å²) >= 11 is 5.89. The van der Waals surface area contributed by atoms with Gasteiger partial charge in [0.05, 0.1) is 38.6 Å². The number of methoxy groups -OCH3 is 2. The van der Waals surface area contributed by atoms with Crippen molar-refractivity contribution in [1.29, 1.82) is 0 Å². The van der Waals surface area contributed by atoms with Crippen molar-refractivity contribution in [2.45, 2.75) is 20.3 Å². The van der Waals surface area contributed by atoms with Gasteiger partial charge in [-0.1, -0.05) is 11.6 Å². The second-order valence-corrected chi connectivity index (χ2v) is 6.10. The molecule has 0 aliphatic rings. The van der Waals surface area contributed by atoms with Gasteiger partial charge in [-0.05, 0) is 55.8 Å². The van der Waals surface area contributed by atoms with Gasteiger partial charge in [0, 0.05) is 10.6 Å². The summed E-state index contributed by atoms with van der Waals surface area (Å²) in [5.74, 6) is 0.782. The topological polar surface area (TPSA) is 69.2 Å². The van der Waals surface area contributed by atoms with E-state index in [9.17, 15) is 4.79 Å². The molecule has 0 amide bonds. The van der Waals surface area contributed by atoms with Crippen LogP contribution in [0.25, 0.3) is 0 Å². The third kappa shape index (κ3) is 5.62. The molecule has 7 heteroatoms. The van der Waals surface area contributed by atoms with E-state index in [0.717, 1.165) is 16.8 Å². The van der Waals surface area contributed by atoms with Gasteiger partial charge in [0.2, 0.25) is 0 Å². The quantitative estimate of drug-likeness (QED) is 0.413. The van der Waals surface area contributed by atoms with Crippen molar-refractivity contribution in [3.63, 3.8) is 0 Å². The number of rotatable bonds is 8. The van der Waals surface area contributed by atoms with E-state index in [2.05, 4.69) is 10.5 Å². The van der Waals surface area contributed by atoms with E-state index in [1.54, 1.807) is 45.4 Å². The largest absolute Gasteiger partial charge is 0.493 e. The molecule has 0 bridgehead atoms. The molecule has 0 saturated heterocycles. The predicted octanol–water partition coefficient (Wildman–Crippen LogP) is 4.30. The number of esters is 1. The van der Waals surface area contributed by atoms with E-state index >= 15 is 0 Å². The van der Waals surface area contributed by atoms with Crippen molar-refractivity contribution in [3.8, 4) is 11.5 Å². The first-order valence-corrected chi connectivity index (χ1v) is 8.83. The van der Waals surface area contributed by atoms with Crippen molar-refractivity contribution in [2.24, 2.45) is 5.10 Å². The van der Waals surface area contributed by atoms with Gasteiger partial charge in [-0.3, -0.25) is 10.2 Å². The normalized spacial score (nSPS) is 11.1. The summed E-state index contributed by atoms with van der Waals surface area (Å²) in [5.41, 5.74) is 5.97. The number of nitrogens with zero attached hydrogens (tertiary/aromatic N) is 1. The predicted molar refractivity (Wildman–Crippen MR) is 107 cm³/mol. The molecule has 2 rings (SSSR count). The lowest BCUT2D eigenvalue weighted by atomic mass is 10.00. The molecule has 0 atom stereocenters. The molecular formula is C20H23ClN2O4. The number of anilines is 1. The Morgan fingerprint density at radius 2 is 1.74 bits per heavy atom. The Morgan fingerprint density at radius 1 is 1.11 bits per heavy atom. The zero-order chi connectivity index (χ0) is 19.8. The second-order valence-electron chi connectivity index (χ2n) is 5.66. The highest BCUT2D eigenvalue weighted by Gasteiger charge is 2.16. The number of carbonyl (C=O) groups is 1. The number of benzene rings is 2. The van der Waals surface area contributed by atoms with Gasteiger partial charge in [-0.25, -0.2) is 0 Å². The van der Waals surface area contributed by atoms with E-state index in [1.807, 2.05) is 19.1 Å². The zero-order valence-corrected chi connectivity index (χ0v) is 16.6. The molecule has 0 fully saturated rings. The van der Waals surface area contributed by atoms with Crippen molar-refractivity contribution >= 4 is 29.0 Å². The average Bonchev–Trinajstić information content (AvgIpc) is 2.67. The number of hydrazone groups is 1. The molecule has 1 N–H and O–H groups in total. The maximum Gasteiger partial charge on any atom is 0.310 e. The Labute approximate surface area is 164 Å². The first-order chi connectivity index (χ1) is 13.0. The second kappa shape index (κ2) is 9.83. The third-order valence-electron chi connectivity index (χ3n) is 3.84. The van der Waals surface area contributed by atoms with Crippen LogP contribution in [0.4, 0.5) is 5.69 Å². The molecule has 0 aromatic heterocycles. The maximum atomic E-state index is 12.0. The smallest absolute Gasteiger partial charge is 0.310 e. The minimum absolute atomic E-state index is 0.108. The fourth-order valence-corrected chi connectivity index (χ4v) is 2.63. The molecule has 0 spiro atoms. The Kier molecular flexibility index (Phi) is 7.49. The number of nitrogens with one attached hydrogen (secondary N) is 1. The molecule has 0 aliphatic carbocycles. The van der Waals surface area contributed by atoms with Gasteiger partial charge in [-0.15, -0.1) is 0 Å². The molecule has 0 unspecified atom stereocenters. The lowest BCUT2D eigenvalue weighted by molar-refractivity contribution is -0.142. The van der Waals surface area contributed by atoms with Gasteiger partial charge in [0.15, 0.2) is 11.5 Å². The number of hydrogen-bond donors (Lipinski definition) is 1. The SMILES string of the molecule is CCOC(=O)Cc1cc(OC)c(OC)cc1/C(C)=N/Nc1ccc(Cl)cc1. The van der Waals surface area contributed by atoms with Crippen LogP contribution in [0.15, 0.2) is 41.5 Å². The van der Waals surface area contributed by atoms with E-state index in [-0.39, 0.29) is 12.4 Å². The number of ether oxygens (including phenoxy) is 3. The van der Waals surface area contributed by atoms with Crippen LogP contribution >= 0.6 is 11.6 Å². The van der Waals surface area contributed by atoms with E-state index in [4.69, 9.17) is 25.8 Å². The van der Waals surface area contributed by atoms with Crippen molar-refractivity contribution in [1.82, 2.24) is 0 Å². The summed E-state index contributed by atoms with van der Waals surface area (Å²) in [6.45, 7) is 3.95. The van der Waals surface area contributed by atoms with E-state index in [1.165, 1.54) is 0 Å². The van der Waals surface area contributed by atoms with Crippen LogP contribution in [0.2, 0.25) is 5.02 Å². The van der Waals surface area contributed by atoms with Crippen LogP contribution in [0.5, 0.6) is 11.5 Å². The minimum atomic E-state index is -0.315. The third-order valence-corrected chi connectivity index (χ3v) is 4.09. The standard InChI is InChI=1S/C20H23ClN2O4/c1-5-27-20(24)11-14-10-18(25-3)19(26-4)12-17(14)13(2)22-23-16-8-6-15(21)7-9-16/h6-10,12,23H,5,11H2,1-4H3/b22-13+. The molecule has 6 nitrogen and oxygen atoms in total. The molecule has 0 aliphatic heterocycles. The average molecular weight is 391 g/mol. The van der Waals surface area contributed by atoms with Crippen LogP contribution in [-0.2, 0) is 16.0 Å². The van der Waals surface area contributed by atoms with Gasteiger partial charge in [0.25, 0.3) is 0 Å². The number of hydrogen-bond acceptors (Lipinski definition) is 6. The Balaban J connectivity index is 2.36. The first kappa shape index (κ1) is 20.6. The molecular weight excluding hydrogens is 368 g/mol. The summed E-state index contributed by atoms with van der Waals surface area (Å²) in [6.07, 6.45) is 0.108. The van der Waals surface area contributed by atoms with Crippen LogP contribution < -0.4 is 14.9 Å². The fourth-order valence-electron chi connectivity index (χ4n) is 2.50. The van der Waals surface area contributed by atoms with E-state index in [0.29, 0.717) is 28.8 Å². The highest BCUT2D eigenvalue weighted by atomic mass is 35.5. The van der Waals surface area contributed by atoms with Gasteiger partial charge in [-0.2, -0.15) is 5.10 Å². The molecule has 0 radical (unpaired) electrons. The van der Waals surface area contributed by atoms with Gasteiger partial charge in [0.1, 0.15) is 0 Å². The monoisotopic (exact) mass is 390 g/mol. The lowest BCUT2D eigenvalue weighted by Crippen LogP contribution is -2.12. The van der Waals surface area contributed by atoms with Crippen LogP contribution in [-0.4, -0.2) is 32.5 Å². The molecule has 27 heavy (non-hydrogen) atoms. The van der Waals surface area contributed by atoms with E-state index < -0.39 is 0 Å². The molecule has 144 valence electrons. The fraction of sp³-hybridized carbons (Fsp3) is 0.300. The number of halogens is 1. The molecule has 2 aromatic carbocycles. The highest BCUT2D eigenvalue weighted by Crippen LogP contribution is 2.31. The summed E-state index contributed by atoms with van der Waals surface area (Å²) in [4.78, 5) is 12.0. The van der Waals surface area contributed by atoms with Crippen molar-refractivity contribution in [2.75, 3.05) is 26.3 Å². The van der Waals surface area contributed by atoms with Crippen molar-refractivity contribution < 1.29 is 19.0 Å². The first-order valence-electron chi connectivity index (χ1n) is 8.45. The zero-order valence-electron chi connectivity index (χ0n) is 15.8. The summed E-state index contributed by atoms with van der Waals surface area (Å²) in [6, 6.07) is 10.8.